The van der Waals surface area contributed by atoms with Gasteiger partial charge in [-0.05, 0) is 23.8 Å². The number of hydrogen-bond donors (Lipinski definition) is 3. The third-order valence-corrected chi connectivity index (χ3v) is 2.63. The first-order valence-corrected chi connectivity index (χ1v) is 6.00. The molecule has 0 spiro atoms. The van der Waals surface area contributed by atoms with E-state index in [9.17, 15) is 14.7 Å². The van der Waals surface area contributed by atoms with Crippen molar-refractivity contribution >= 4 is 18.3 Å². The second-order valence-electron chi connectivity index (χ2n) is 3.97. The molecule has 3 N–H and O–H groups in total. The van der Waals surface area contributed by atoms with E-state index in [1.807, 2.05) is 0 Å². The van der Waals surface area contributed by atoms with E-state index in [4.69, 9.17) is 9.84 Å². The standard InChI is InChI=1S/C14H17NO5/c1-20-11-4-2-10(3-5-11)8-12(14(18)19)13(9-17)15-6-7-16/h2-5,8-9,13,15-16H,6-7H2,1H3,(H,18,19)/b12-8-. The molecule has 0 saturated heterocycles. The fourth-order valence-corrected chi connectivity index (χ4v) is 1.62. The van der Waals surface area contributed by atoms with E-state index in [-0.39, 0.29) is 18.7 Å². The second-order valence-corrected chi connectivity index (χ2v) is 3.97. The Balaban J connectivity index is 3.00. The summed E-state index contributed by atoms with van der Waals surface area (Å²) in [6, 6.07) is 5.80. The van der Waals surface area contributed by atoms with Crippen LogP contribution in [0.4, 0.5) is 0 Å². The molecule has 1 unspecified atom stereocenters. The Labute approximate surface area is 116 Å². The number of carboxylic acids is 1. The van der Waals surface area contributed by atoms with E-state index < -0.39 is 12.0 Å². The molecule has 1 rings (SSSR count). The molecule has 0 aliphatic rings. The Kier molecular flexibility index (Phi) is 6.42. The van der Waals surface area contributed by atoms with Gasteiger partial charge < -0.3 is 25.1 Å². The number of nitrogens with one attached hydrogen (secondary N) is 1. The average Bonchev–Trinajstić information content (AvgIpc) is 2.47. The fourth-order valence-electron chi connectivity index (χ4n) is 1.62. The smallest absolute Gasteiger partial charge is 0.333 e. The van der Waals surface area contributed by atoms with E-state index in [0.717, 1.165) is 0 Å². The number of methoxy groups -OCH3 is 1. The maximum absolute atomic E-state index is 11.2. The monoisotopic (exact) mass is 279 g/mol. The number of rotatable bonds is 8. The van der Waals surface area contributed by atoms with E-state index in [1.54, 1.807) is 24.3 Å². The van der Waals surface area contributed by atoms with Crippen LogP contribution in [0.3, 0.4) is 0 Å². The molecular formula is C14H17NO5. The number of aldehydes is 1. The molecule has 6 nitrogen and oxygen atoms in total. The van der Waals surface area contributed by atoms with Gasteiger partial charge in [-0.15, -0.1) is 0 Å². The first kappa shape index (κ1) is 15.9. The Morgan fingerprint density at radius 2 is 2.05 bits per heavy atom. The minimum absolute atomic E-state index is 0.0846. The minimum atomic E-state index is -1.19. The van der Waals surface area contributed by atoms with Crippen molar-refractivity contribution in [3.8, 4) is 5.75 Å². The van der Waals surface area contributed by atoms with Gasteiger partial charge in [-0.1, -0.05) is 12.1 Å². The molecule has 0 fully saturated rings. The average molecular weight is 279 g/mol. The summed E-state index contributed by atoms with van der Waals surface area (Å²) in [5, 5.41) is 20.6. The third kappa shape index (κ3) is 4.49. The van der Waals surface area contributed by atoms with Gasteiger partial charge >= 0.3 is 5.97 Å². The molecule has 1 aromatic carbocycles. The van der Waals surface area contributed by atoms with E-state index in [2.05, 4.69) is 5.32 Å². The van der Waals surface area contributed by atoms with Crippen LogP contribution >= 0.6 is 0 Å². The van der Waals surface area contributed by atoms with Crippen molar-refractivity contribution in [1.29, 1.82) is 0 Å². The zero-order valence-electron chi connectivity index (χ0n) is 11.1. The lowest BCUT2D eigenvalue weighted by Gasteiger charge is -2.12. The van der Waals surface area contributed by atoms with Crippen LogP contribution in [0.1, 0.15) is 5.56 Å². The second kappa shape index (κ2) is 8.08. The highest BCUT2D eigenvalue weighted by Crippen LogP contribution is 2.15. The molecule has 0 heterocycles. The zero-order valence-corrected chi connectivity index (χ0v) is 11.1. The quantitative estimate of drug-likeness (QED) is 0.468. The topological polar surface area (TPSA) is 95.9 Å². The van der Waals surface area contributed by atoms with Crippen LogP contribution in [0.2, 0.25) is 0 Å². The molecule has 20 heavy (non-hydrogen) atoms. The summed E-state index contributed by atoms with van der Waals surface area (Å²) in [7, 11) is 1.54. The Bertz CT molecular complexity index is 481. The van der Waals surface area contributed by atoms with Gasteiger partial charge in [-0.25, -0.2) is 4.79 Å². The van der Waals surface area contributed by atoms with Crippen LogP contribution in [-0.4, -0.2) is 48.8 Å². The van der Waals surface area contributed by atoms with E-state index >= 15 is 0 Å². The number of hydrogen-bond acceptors (Lipinski definition) is 5. The number of aliphatic carboxylic acids is 1. The number of carbonyl (C=O) groups excluding carboxylic acids is 1. The summed E-state index contributed by atoms with van der Waals surface area (Å²) in [5.41, 5.74) is 0.555. The Morgan fingerprint density at radius 3 is 2.50 bits per heavy atom. The predicted molar refractivity (Wildman–Crippen MR) is 73.5 cm³/mol. The van der Waals surface area contributed by atoms with Crippen molar-refractivity contribution in [3.05, 3.63) is 35.4 Å². The lowest BCUT2D eigenvalue weighted by atomic mass is 10.0. The van der Waals surface area contributed by atoms with Gasteiger partial charge in [0.2, 0.25) is 0 Å². The highest BCUT2D eigenvalue weighted by molar-refractivity contribution is 5.97. The number of aliphatic hydroxyl groups is 1. The van der Waals surface area contributed by atoms with Crippen molar-refractivity contribution in [2.24, 2.45) is 0 Å². The van der Waals surface area contributed by atoms with Crippen LogP contribution < -0.4 is 10.1 Å². The summed E-state index contributed by atoms with van der Waals surface area (Å²) in [6.07, 6.45) is 1.91. The minimum Gasteiger partial charge on any atom is -0.497 e. The van der Waals surface area contributed by atoms with Gasteiger partial charge in [0.1, 0.15) is 12.0 Å². The molecule has 6 heteroatoms. The molecule has 0 amide bonds. The van der Waals surface area contributed by atoms with Gasteiger partial charge in [0.05, 0.1) is 25.3 Å². The SMILES string of the molecule is COc1ccc(/C=C(\C(=O)O)C(C=O)NCCO)cc1. The molecule has 0 aromatic heterocycles. The normalized spacial score (nSPS) is 12.8. The molecular weight excluding hydrogens is 262 g/mol. The number of aliphatic hydroxyl groups excluding tert-OH is 1. The van der Waals surface area contributed by atoms with Crippen molar-refractivity contribution in [2.45, 2.75) is 6.04 Å². The van der Waals surface area contributed by atoms with E-state index in [1.165, 1.54) is 13.2 Å². The zero-order chi connectivity index (χ0) is 15.0. The van der Waals surface area contributed by atoms with Crippen LogP contribution in [0, 0.1) is 0 Å². The van der Waals surface area contributed by atoms with Crippen molar-refractivity contribution in [3.63, 3.8) is 0 Å². The first-order valence-electron chi connectivity index (χ1n) is 6.00. The molecule has 0 bridgehead atoms. The van der Waals surface area contributed by atoms with Gasteiger partial charge in [0, 0.05) is 6.54 Å². The summed E-state index contributed by atoms with van der Waals surface area (Å²) >= 11 is 0. The maximum Gasteiger partial charge on any atom is 0.333 e. The Hall–Kier alpha value is -2.18. The number of carboxylic acid groups (broad SMARTS) is 1. The van der Waals surface area contributed by atoms with Gasteiger partial charge in [0.15, 0.2) is 0 Å². The molecule has 1 aromatic rings. The third-order valence-electron chi connectivity index (χ3n) is 2.63. The van der Waals surface area contributed by atoms with Crippen LogP contribution in [-0.2, 0) is 9.59 Å². The maximum atomic E-state index is 11.2. The highest BCUT2D eigenvalue weighted by Gasteiger charge is 2.19. The summed E-state index contributed by atoms with van der Waals surface area (Å²) in [6.45, 7) is -0.0452. The number of ether oxygens (including phenoxy) is 1. The molecule has 0 saturated carbocycles. The fraction of sp³-hybridized carbons (Fsp3) is 0.286. The van der Waals surface area contributed by atoms with Crippen molar-refractivity contribution < 1.29 is 24.5 Å². The van der Waals surface area contributed by atoms with Crippen molar-refractivity contribution in [1.82, 2.24) is 5.32 Å². The lowest BCUT2D eigenvalue weighted by molar-refractivity contribution is -0.133. The van der Waals surface area contributed by atoms with Gasteiger partial charge in [-0.2, -0.15) is 0 Å². The van der Waals surface area contributed by atoms with Gasteiger partial charge in [0.25, 0.3) is 0 Å². The first-order chi connectivity index (χ1) is 9.62. The molecule has 0 aliphatic heterocycles. The Morgan fingerprint density at radius 1 is 1.40 bits per heavy atom. The summed E-state index contributed by atoms with van der Waals surface area (Å²) < 4.78 is 5.01. The van der Waals surface area contributed by atoms with Crippen LogP contribution in [0.15, 0.2) is 29.8 Å². The van der Waals surface area contributed by atoms with Crippen molar-refractivity contribution in [2.75, 3.05) is 20.3 Å². The van der Waals surface area contributed by atoms with Crippen LogP contribution in [0.25, 0.3) is 6.08 Å². The largest absolute Gasteiger partial charge is 0.497 e. The predicted octanol–water partition coefficient (Wildman–Crippen LogP) is 0.313. The van der Waals surface area contributed by atoms with E-state index in [0.29, 0.717) is 17.6 Å². The summed E-state index contributed by atoms with van der Waals surface area (Å²) in [4.78, 5) is 22.2. The number of carbonyl (C=O) groups is 2. The molecule has 0 radical (unpaired) electrons. The molecule has 108 valence electrons. The van der Waals surface area contributed by atoms with Gasteiger partial charge in [-0.3, -0.25) is 0 Å². The summed E-state index contributed by atoms with van der Waals surface area (Å²) in [5.74, 6) is -0.535. The number of benzene rings is 1. The lowest BCUT2D eigenvalue weighted by Crippen LogP contribution is -2.36. The molecule has 0 aliphatic carbocycles. The highest BCUT2D eigenvalue weighted by atomic mass is 16.5. The molecule has 1 atom stereocenters. The van der Waals surface area contributed by atoms with Crippen LogP contribution in [0.5, 0.6) is 5.75 Å².